The molecule has 2 heterocycles. The lowest BCUT2D eigenvalue weighted by Gasteiger charge is -2.34. The van der Waals surface area contributed by atoms with Crippen LogP contribution in [0.15, 0.2) is 12.1 Å². The van der Waals surface area contributed by atoms with E-state index in [2.05, 4.69) is 4.98 Å². The van der Waals surface area contributed by atoms with Gasteiger partial charge in [-0.2, -0.15) is 0 Å². The van der Waals surface area contributed by atoms with Crippen molar-refractivity contribution in [1.82, 2.24) is 14.9 Å². The number of hydrogen-bond donors (Lipinski definition) is 1. The number of hydrogen-bond acceptors (Lipinski definition) is 4. The molecule has 0 fully saturated rings. The van der Waals surface area contributed by atoms with Crippen LogP contribution in [0.1, 0.15) is 11.3 Å². The van der Waals surface area contributed by atoms with Gasteiger partial charge in [-0.1, -0.05) is 17.7 Å². The highest BCUT2D eigenvalue weighted by atomic mass is 35.5. The first-order valence-corrected chi connectivity index (χ1v) is 6.27. The third-order valence-electron chi connectivity index (χ3n) is 3.25. The van der Waals surface area contributed by atoms with E-state index in [-0.39, 0.29) is 13.0 Å². The molecule has 0 radical (unpaired) electrons. The Balaban J connectivity index is 2.35. The number of likely N-dealkylation sites (N-methyl/N-ethyl adjacent to an activating group) is 1. The van der Waals surface area contributed by atoms with Crippen LogP contribution in [-0.2, 0) is 22.6 Å². The molecule has 108 valence electrons. The average Bonchev–Trinajstić information content (AvgIpc) is 2.43. The first kappa shape index (κ1) is 14.5. The minimum Gasteiger partial charge on any atom is -0.465 e. The molecule has 0 spiro atoms. The van der Waals surface area contributed by atoms with E-state index in [1.165, 1.54) is 14.2 Å². The molecule has 1 aromatic heterocycles. The summed E-state index contributed by atoms with van der Waals surface area (Å²) in [6, 6.07) is 2.46. The van der Waals surface area contributed by atoms with Crippen molar-refractivity contribution < 1.29 is 19.5 Å². The van der Waals surface area contributed by atoms with Gasteiger partial charge in [0.25, 0.3) is 5.91 Å². The molecule has 0 aliphatic carbocycles. The van der Waals surface area contributed by atoms with Crippen molar-refractivity contribution in [3.63, 3.8) is 0 Å². The van der Waals surface area contributed by atoms with Crippen molar-refractivity contribution in [2.45, 2.75) is 19.0 Å². The van der Waals surface area contributed by atoms with Crippen molar-refractivity contribution in [3.05, 3.63) is 28.5 Å². The van der Waals surface area contributed by atoms with E-state index in [4.69, 9.17) is 16.4 Å². The smallest absolute Gasteiger partial charge is 0.408 e. The van der Waals surface area contributed by atoms with Gasteiger partial charge in [0, 0.05) is 19.2 Å². The molecule has 0 saturated heterocycles. The molecular formula is C12H14ClN3O4. The molecule has 2 rings (SSSR count). The Morgan fingerprint density at radius 1 is 1.55 bits per heavy atom. The molecule has 1 N–H and O–H groups in total. The number of aromatic nitrogens is 1. The SMILES string of the molecule is CON(C)C(=O)C1Cc2nc(Cl)ccc2CN1C(=O)O. The summed E-state index contributed by atoms with van der Waals surface area (Å²) in [6.45, 7) is 0.1000. The minimum atomic E-state index is -1.16. The zero-order valence-corrected chi connectivity index (χ0v) is 11.8. The summed E-state index contributed by atoms with van der Waals surface area (Å²) >= 11 is 5.83. The second kappa shape index (κ2) is 5.64. The second-order valence-electron chi connectivity index (χ2n) is 4.39. The van der Waals surface area contributed by atoms with Crippen LogP contribution in [0.3, 0.4) is 0 Å². The van der Waals surface area contributed by atoms with E-state index in [0.717, 1.165) is 15.5 Å². The Morgan fingerprint density at radius 2 is 2.25 bits per heavy atom. The maximum atomic E-state index is 12.2. The van der Waals surface area contributed by atoms with Crippen LogP contribution < -0.4 is 0 Å². The van der Waals surface area contributed by atoms with Gasteiger partial charge in [0.2, 0.25) is 0 Å². The lowest BCUT2D eigenvalue weighted by molar-refractivity contribution is -0.174. The summed E-state index contributed by atoms with van der Waals surface area (Å²) in [5, 5.41) is 10.6. The Bertz CT molecular complexity index is 552. The van der Waals surface area contributed by atoms with Crippen LogP contribution in [0.5, 0.6) is 0 Å². The van der Waals surface area contributed by atoms with Crippen molar-refractivity contribution in [2.24, 2.45) is 0 Å². The van der Waals surface area contributed by atoms with E-state index in [1.807, 2.05) is 0 Å². The zero-order chi connectivity index (χ0) is 14.9. The summed E-state index contributed by atoms with van der Waals surface area (Å²) in [6.07, 6.45) is -0.984. The highest BCUT2D eigenvalue weighted by Gasteiger charge is 2.37. The number of pyridine rings is 1. The van der Waals surface area contributed by atoms with Gasteiger partial charge in [0.05, 0.1) is 13.7 Å². The molecule has 0 saturated carbocycles. The predicted octanol–water partition coefficient (Wildman–Crippen LogP) is 1.16. The number of carbonyl (C=O) groups excluding carboxylic acids is 1. The first-order valence-electron chi connectivity index (χ1n) is 5.89. The van der Waals surface area contributed by atoms with Crippen LogP contribution in [0.2, 0.25) is 5.15 Å². The van der Waals surface area contributed by atoms with Crippen molar-refractivity contribution in [1.29, 1.82) is 0 Å². The number of nitrogens with zero attached hydrogens (tertiary/aromatic N) is 3. The van der Waals surface area contributed by atoms with Gasteiger partial charge in [-0.05, 0) is 11.6 Å². The Kier molecular flexibility index (Phi) is 4.10. The van der Waals surface area contributed by atoms with Gasteiger partial charge in [0.15, 0.2) is 0 Å². The number of hydroxylamine groups is 2. The Labute approximate surface area is 120 Å². The Hall–Kier alpha value is -1.86. The lowest BCUT2D eigenvalue weighted by atomic mass is 9.98. The molecule has 1 aliphatic heterocycles. The second-order valence-corrected chi connectivity index (χ2v) is 4.78. The highest BCUT2D eigenvalue weighted by Crippen LogP contribution is 2.24. The topological polar surface area (TPSA) is 83.0 Å². The molecule has 1 atom stereocenters. The van der Waals surface area contributed by atoms with Crippen LogP contribution >= 0.6 is 11.6 Å². The summed E-state index contributed by atoms with van der Waals surface area (Å²) in [7, 11) is 2.78. The molecular weight excluding hydrogens is 286 g/mol. The van der Waals surface area contributed by atoms with Gasteiger partial charge in [-0.3, -0.25) is 14.5 Å². The predicted molar refractivity (Wildman–Crippen MR) is 70.1 cm³/mol. The first-order chi connectivity index (χ1) is 9.43. The molecule has 1 aliphatic rings. The number of carbonyl (C=O) groups is 2. The third kappa shape index (κ3) is 2.68. The largest absolute Gasteiger partial charge is 0.465 e. The van der Waals surface area contributed by atoms with Crippen LogP contribution in [0, 0.1) is 0 Å². The molecule has 1 unspecified atom stereocenters. The fraction of sp³-hybridized carbons (Fsp3) is 0.417. The van der Waals surface area contributed by atoms with Gasteiger partial charge >= 0.3 is 6.09 Å². The van der Waals surface area contributed by atoms with Crippen LogP contribution in [0.25, 0.3) is 0 Å². The van der Waals surface area contributed by atoms with Gasteiger partial charge < -0.3 is 5.11 Å². The van der Waals surface area contributed by atoms with Gasteiger partial charge in [-0.15, -0.1) is 0 Å². The fourth-order valence-corrected chi connectivity index (χ4v) is 2.30. The molecule has 8 heteroatoms. The molecule has 1 aromatic rings. The molecule has 0 aromatic carbocycles. The van der Waals surface area contributed by atoms with Gasteiger partial charge in [-0.25, -0.2) is 14.8 Å². The number of rotatable bonds is 2. The van der Waals surface area contributed by atoms with Crippen molar-refractivity contribution >= 4 is 23.6 Å². The normalized spacial score (nSPS) is 17.6. The number of halogens is 1. The third-order valence-corrected chi connectivity index (χ3v) is 3.46. The van der Waals surface area contributed by atoms with E-state index < -0.39 is 18.0 Å². The maximum absolute atomic E-state index is 12.2. The Morgan fingerprint density at radius 3 is 2.85 bits per heavy atom. The summed E-state index contributed by atoms with van der Waals surface area (Å²) in [5.41, 5.74) is 1.39. The highest BCUT2D eigenvalue weighted by molar-refractivity contribution is 6.29. The molecule has 7 nitrogen and oxygen atoms in total. The van der Waals surface area contributed by atoms with Crippen molar-refractivity contribution in [2.75, 3.05) is 14.2 Å². The number of amides is 2. The van der Waals surface area contributed by atoms with Crippen LogP contribution in [-0.4, -0.2) is 52.3 Å². The minimum absolute atomic E-state index is 0.1000. The summed E-state index contributed by atoms with van der Waals surface area (Å²) in [4.78, 5) is 33.6. The summed E-state index contributed by atoms with van der Waals surface area (Å²) in [5.74, 6) is -0.442. The van der Waals surface area contributed by atoms with E-state index in [9.17, 15) is 14.7 Å². The maximum Gasteiger partial charge on any atom is 0.408 e. The summed E-state index contributed by atoms with van der Waals surface area (Å²) < 4.78 is 0. The zero-order valence-electron chi connectivity index (χ0n) is 11.0. The van der Waals surface area contributed by atoms with E-state index in [0.29, 0.717) is 10.8 Å². The molecule has 0 bridgehead atoms. The van der Waals surface area contributed by atoms with Crippen molar-refractivity contribution in [3.8, 4) is 0 Å². The van der Waals surface area contributed by atoms with Gasteiger partial charge in [0.1, 0.15) is 11.2 Å². The van der Waals surface area contributed by atoms with E-state index in [1.54, 1.807) is 12.1 Å². The molecule has 2 amide bonds. The lowest BCUT2D eigenvalue weighted by Crippen LogP contribution is -2.52. The molecule has 20 heavy (non-hydrogen) atoms. The average molecular weight is 300 g/mol. The number of fused-ring (bicyclic) bond motifs is 1. The monoisotopic (exact) mass is 299 g/mol. The van der Waals surface area contributed by atoms with Crippen LogP contribution in [0.4, 0.5) is 4.79 Å². The fourth-order valence-electron chi connectivity index (χ4n) is 2.13. The van der Waals surface area contributed by atoms with E-state index >= 15 is 0 Å². The standard InChI is InChI=1S/C12H14ClN3O4/c1-15(20-2)11(17)9-5-8-7(3-4-10(13)14-8)6-16(9)12(18)19/h3-4,9H,5-6H2,1-2H3,(H,18,19). The quantitative estimate of drug-likeness (QED) is 0.654. The number of carboxylic acid groups (broad SMARTS) is 1.